The second-order valence-corrected chi connectivity index (χ2v) is 9.08. The van der Waals surface area contributed by atoms with Crippen LogP contribution in [0, 0.1) is 6.92 Å². The molecule has 0 saturated carbocycles. The lowest BCUT2D eigenvalue weighted by Gasteiger charge is -2.15. The van der Waals surface area contributed by atoms with Gasteiger partial charge in [-0.3, -0.25) is 4.72 Å². The average molecular weight is 470 g/mol. The molecule has 0 bridgehead atoms. The predicted octanol–water partition coefficient (Wildman–Crippen LogP) is 4.78. The van der Waals surface area contributed by atoms with Gasteiger partial charge in [0.05, 0.1) is 34.6 Å². The van der Waals surface area contributed by atoms with E-state index < -0.39 is 16.0 Å². The van der Waals surface area contributed by atoms with Crippen LogP contribution in [0.2, 0.25) is 0 Å². The van der Waals surface area contributed by atoms with Crippen LogP contribution in [0.15, 0.2) is 65.6 Å². The van der Waals surface area contributed by atoms with Gasteiger partial charge in [-0.05, 0) is 55.8 Å². The minimum absolute atomic E-state index is 0.0189. The van der Waals surface area contributed by atoms with Crippen LogP contribution in [0.1, 0.15) is 29.3 Å². The first-order valence-corrected chi connectivity index (χ1v) is 11.8. The van der Waals surface area contributed by atoms with Gasteiger partial charge in [0.2, 0.25) is 0 Å². The highest BCUT2D eigenvalue weighted by Gasteiger charge is 2.20. The summed E-state index contributed by atoms with van der Waals surface area (Å²) in [6.07, 6.45) is 0.937. The van der Waals surface area contributed by atoms with Gasteiger partial charge in [-0.15, -0.1) is 0 Å². The van der Waals surface area contributed by atoms with Crippen LogP contribution in [-0.4, -0.2) is 28.0 Å². The summed E-state index contributed by atoms with van der Waals surface area (Å²) in [6.45, 7) is 4.67. The number of sulfonamides is 1. The molecule has 0 amide bonds. The number of nitrogen functional groups attached to an aromatic ring is 1. The summed E-state index contributed by atoms with van der Waals surface area (Å²) >= 11 is 0. The van der Waals surface area contributed by atoms with Gasteiger partial charge in [0.25, 0.3) is 10.0 Å². The molecular weight excluding hydrogens is 442 g/mol. The van der Waals surface area contributed by atoms with Gasteiger partial charge in [-0.2, -0.15) is 0 Å². The van der Waals surface area contributed by atoms with Gasteiger partial charge in [0, 0.05) is 12.6 Å². The molecule has 0 fully saturated rings. The number of esters is 1. The van der Waals surface area contributed by atoms with E-state index in [0.29, 0.717) is 17.2 Å². The van der Waals surface area contributed by atoms with Crippen molar-refractivity contribution in [3.63, 3.8) is 0 Å². The molecule has 0 atom stereocenters. The van der Waals surface area contributed by atoms with E-state index in [-0.39, 0.29) is 16.1 Å². The third-order valence-electron chi connectivity index (χ3n) is 4.80. The molecule has 0 aliphatic heterocycles. The SMILES string of the molecule is CCCNc1cc(Oc2ccc(NS(=O)(=O)c3ccc(C)cc3)c(C(=O)OC)c2)ccc1N. The fourth-order valence-corrected chi connectivity index (χ4v) is 4.10. The van der Waals surface area contributed by atoms with Crippen LogP contribution in [0.4, 0.5) is 17.1 Å². The van der Waals surface area contributed by atoms with Gasteiger partial charge in [-0.25, -0.2) is 13.2 Å². The van der Waals surface area contributed by atoms with Gasteiger partial charge in [-0.1, -0.05) is 24.6 Å². The Hall–Kier alpha value is -3.72. The number of ether oxygens (including phenoxy) is 2. The molecule has 3 aromatic rings. The summed E-state index contributed by atoms with van der Waals surface area (Å²) in [6, 6.07) is 16.0. The normalized spacial score (nSPS) is 11.0. The van der Waals surface area contributed by atoms with E-state index in [9.17, 15) is 13.2 Å². The van der Waals surface area contributed by atoms with Crippen LogP contribution in [0.3, 0.4) is 0 Å². The van der Waals surface area contributed by atoms with Crippen LogP contribution in [-0.2, 0) is 14.8 Å². The lowest BCUT2D eigenvalue weighted by molar-refractivity contribution is 0.0601. The summed E-state index contributed by atoms with van der Waals surface area (Å²) in [7, 11) is -2.68. The standard InChI is InChI=1S/C24H27N3O5S/c1-4-13-26-23-15-18(7-11-21(23)25)32-17-8-12-22(20(14-17)24(28)31-3)27-33(29,30)19-9-5-16(2)6-10-19/h5-12,14-15,26-27H,4,13,25H2,1-3H3. The molecule has 0 saturated heterocycles. The number of nitrogens with one attached hydrogen (secondary N) is 2. The number of hydrogen-bond donors (Lipinski definition) is 3. The molecule has 0 unspecified atom stereocenters. The monoisotopic (exact) mass is 469 g/mol. The highest BCUT2D eigenvalue weighted by atomic mass is 32.2. The molecule has 33 heavy (non-hydrogen) atoms. The lowest BCUT2D eigenvalue weighted by Crippen LogP contribution is -2.16. The van der Waals surface area contributed by atoms with E-state index in [2.05, 4.69) is 10.0 Å². The molecule has 0 heterocycles. The maximum absolute atomic E-state index is 12.8. The molecule has 0 aliphatic carbocycles. The molecule has 0 aromatic heterocycles. The largest absolute Gasteiger partial charge is 0.465 e. The van der Waals surface area contributed by atoms with E-state index in [1.165, 1.54) is 31.4 Å². The smallest absolute Gasteiger partial charge is 0.340 e. The Morgan fingerprint density at radius 2 is 1.64 bits per heavy atom. The number of methoxy groups -OCH3 is 1. The molecule has 3 rings (SSSR count). The van der Waals surface area contributed by atoms with E-state index in [1.54, 1.807) is 36.4 Å². The van der Waals surface area contributed by atoms with Crippen molar-refractivity contribution in [1.82, 2.24) is 0 Å². The third kappa shape index (κ3) is 5.95. The van der Waals surface area contributed by atoms with Crippen molar-refractivity contribution < 1.29 is 22.7 Å². The number of hydrogen-bond acceptors (Lipinski definition) is 7. The van der Waals surface area contributed by atoms with E-state index in [0.717, 1.165) is 24.2 Å². The number of anilines is 3. The quantitative estimate of drug-likeness (QED) is 0.305. The van der Waals surface area contributed by atoms with Crippen LogP contribution in [0.25, 0.3) is 0 Å². The molecule has 174 valence electrons. The Morgan fingerprint density at radius 1 is 0.970 bits per heavy atom. The number of carbonyl (C=O) groups excluding carboxylic acids is 1. The van der Waals surface area contributed by atoms with Crippen molar-refractivity contribution in [3.8, 4) is 11.5 Å². The second-order valence-electron chi connectivity index (χ2n) is 7.40. The Balaban J connectivity index is 1.90. The minimum Gasteiger partial charge on any atom is -0.465 e. The van der Waals surface area contributed by atoms with Crippen LogP contribution >= 0.6 is 0 Å². The highest BCUT2D eigenvalue weighted by molar-refractivity contribution is 7.92. The Bertz CT molecular complexity index is 1240. The predicted molar refractivity (Wildman–Crippen MR) is 129 cm³/mol. The summed E-state index contributed by atoms with van der Waals surface area (Å²) in [5.41, 5.74) is 8.36. The Morgan fingerprint density at radius 3 is 2.30 bits per heavy atom. The van der Waals surface area contributed by atoms with Crippen molar-refractivity contribution >= 4 is 33.1 Å². The zero-order valence-corrected chi connectivity index (χ0v) is 19.5. The first kappa shape index (κ1) is 23.9. The van der Waals surface area contributed by atoms with Crippen LogP contribution in [0.5, 0.6) is 11.5 Å². The first-order valence-electron chi connectivity index (χ1n) is 10.4. The zero-order chi connectivity index (χ0) is 24.0. The summed E-state index contributed by atoms with van der Waals surface area (Å²) in [4.78, 5) is 12.5. The molecule has 0 aliphatic rings. The Kier molecular flexibility index (Phi) is 7.44. The maximum atomic E-state index is 12.8. The molecular formula is C24H27N3O5S. The first-order chi connectivity index (χ1) is 15.7. The fraction of sp³-hybridized carbons (Fsp3) is 0.208. The second kappa shape index (κ2) is 10.3. The van der Waals surface area contributed by atoms with Crippen molar-refractivity contribution in [2.45, 2.75) is 25.2 Å². The van der Waals surface area contributed by atoms with Crippen LogP contribution < -0.4 is 20.5 Å². The molecule has 9 heteroatoms. The molecule has 4 N–H and O–H groups in total. The minimum atomic E-state index is -3.91. The molecule has 8 nitrogen and oxygen atoms in total. The number of rotatable bonds is 9. The van der Waals surface area contributed by atoms with Crippen molar-refractivity contribution in [1.29, 1.82) is 0 Å². The zero-order valence-electron chi connectivity index (χ0n) is 18.7. The van der Waals surface area contributed by atoms with Gasteiger partial charge in [0.15, 0.2) is 0 Å². The van der Waals surface area contributed by atoms with Gasteiger partial charge in [0.1, 0.15) is 11.5 Å². The van der Waals surface area contributed by atoms with E-state index in [1.807, 2.05) is 13.8 Å². The third-order valence-corrected chi connectivity index (χ3v) is 6.18. The number of aryl methyl sites for hydroxylation is 1. The van der Waals surface area contributed by atoms with Gasteiger partial charge >= 0.3 is 5.97 Å². The Labute approximate surface area is 193 Å². The van der Waals surface area contributed by atoms with Crippen molar-refractivity contribution in [3.05, 3.63) is 71.8 Å². The molecule has 3 aromatic carbocycles. The summed E-state index contributed by atoms with van der Waals surface area (Å²) in [5, 5.41) is 3.23. The molecule has 0 spiro atoms. The van der Waals surface area contributed by atoms with E-state index in [4.69, 9.17) is 15.2 Å². The maximum Gasteiger partial charge on any atom is 0.340 e. The number of benzene rings is 3. The molecule has 0 radical (unpaired) electrons. The van der Waals surface area contributed by atoms with E-state index >= 15 is 0 Å². The summed E-state index contributed by atoms with van der Waals surface area (Å²) in [5.74, 6) is 0.135. The van der Waals surface area contributed by atoms with Crippen molar-refractivity contribution in [2.24, 2.45) is 0 Å². The van der Waals surface area contributed by atoms with Crippen molar-refractivity contribution in [2.75, 3.05) is 29.4 Å². The topological polar surface area (TPSA) is 120 Å². The lowest BCUT2D eigenvalue weighted by atomic mass is 10.1. The number of carbonyl (C=O) groups is 1. The average Bonchev–Trinajstić information content (AvgIpc) is 2.80. The van der Waals surface area contributed by atoms with Gasteiger partial charge < -0.3 is 20.5 Å². The fourth-order valence-electron chi connectivity index (χ4n) is 3.02. The number of nitrogens with two attached hydrogens (primary N) is 1. The summed E-state index contributed by atoms with van der Waals surface area (Å²) < 4.78 is 38.8. The highest BCUT2D eigenvalue weighted by Crippen LogP contribution is 2.31.